The van der Waals surface area contributed by atoms with Crippen molar-refractivity contribution in [2.24, 2.45) is 4.36 Å². The summed E-state index contributed by atoms with van der Waals surface area (Å²) in [4.78, 5) is 0.581. The molecule has 4 unspecified atom stereocenters. The Morgan fingerprint density at radius 3 is 2.15 bits per heavy atom. The third-order valence-electron chi connectivity index (χ3n) is 6.72. The van der Waals surface area contributed by atoms with Gasteiger partial charge in [-0.15, -0.1) is 0 Å². The average Bonchev–Trinajstić information content (AvgIpc) is 3.20. The molecule has 2 N–H and O–H groups in total. The molecule has 7 heteroatoms. The number of para-hydroxylation sites is 2. The Hall–Kier alpha value is -2.87. The summed E-state index contributed by atoms with van der Waals surface area (Å²) in [6.07, 6.45) is 1.80. The molecule has 0 aliphatic heterocycles. The molecule has 0 amide bonds. The van der Waals surface area contributed by atoms with Crippen LogP contribution >= 0.6 is 0 Å². The van der Waals surface area contributed by atoms with Crippen molar-refractivity contribution >= 4 is 31.7 Å². The summed E-state index contributed by atoms with van der Waals surface area (Å²) in [5.74, 6) is 0.695. The maximum absolute atomic E-state index is 13.8. The molecule has 1 aromatic heterocycles. The minimum atomic E-state index is -2.89. The molecule has 1 saturated carbocycles. The maximum atomic E-state index is 13.8. The second-order valence-corrected chi connectivity index (χ2v) is 10.6. The predicted molar refractivity (Wildman–Crippen MR) is 133 cm³/mol. The van der Waals surface area contributed by atoms with E-state index in [1.54, 1.807) is 38.4 Å². The Morgan fingerprint density at radius 2 is 1.58 bits per heavy atom. The van der Waals surface area contributed by atoms with Crippen molar-refractivity contribution in [3.8, 4) is 5.75 Å². The summed E-state index contributed by atoms with van der Waals surface area (Å²) in [7, 11) is 0.264. The Labute approximate surface area is 194 Å². The van der Waals surface area contributed by atoms with Gasteiger partial charge in [-0.05, 0) is 55.7 Å². The molecule has 4 aromatic rings. The number of nitrogens with zero attached hydrogens (tertiary/aromatic N) is 2. The zero-order valence-electron chi connectivity index (χ0n) is 18.8. The lowest BCUT2D eigenvalue weighted by atomic mass is 9.88. The number of ether oxygens (including phenoxy) is 1. The number of aliphatic hydroxyl groups is 1. The van der Waals surface area contributed by atoms with Gasteiger partial charge in [-0.25, -0.2) is 13.3 Å². The van der Waals surface area contributed by atoms with Gasteiger partial charge in [0, 0.05) is 34.9 Å². The lowest BCUT2D eigenvalue weighted by Gasteiger charge is -2.37. The molecule has 0 radical (unpaired) electrons. The fraction of sp³-hybridized carbons (Fsp3) is 0.308. The van der Waals surface area contributed by atoms with E-state index in [1.807, 2.05) is 24.3 Å². The van der Waals surface area contributed by atoms with E-state index in [1.165, 1.54) is 10.8 Å². The van der Waals surface area contributed by atoms with E-state index in [2.05, 4.69) is 37.9 Å². The van der Waals surface area contributed by atoms with Crippen molar-refractivity contribution in [2.45, 2.75) is 42.3 Å². The van der Waals surface area contributed by atoms with Crippen molar-refractivity contribution in [3.63, 3.8) is 0 Å². The number of rotatable bonds is 5. The van der Waals surface area contributed by atoms with Gasteiger partial charge in [-0.1, -0.05) is 36.4 Å². The number of nitrogens with one attached hydrogen (secondary N) is 1. The number of hydrogen-bond acceptors (Lipinski definition) is 4. The first kappa shape index (κ1) is 21.9. The number of methoxy groups -OCH3 is 1. The van der Waals surface area contributed by atoms with Gasteiger partial charge in [-0.2, -0.15) is 0 Å². The molecule has 0 saturated heterocycles. The lowest BCUT2D eigenvalue weighted by Crippen LogP contribution is -2.49. The first-order chi connectivity index (χ1) is 16.1. The van der Waals surface area contributed by atoms with Crippen LogP contribution in [0.5, 0.6) is 5.75 Å². The summed E-state index contributed by atoms with van der Waals surface area (Å²) in [5, 5.41) is 13.9. The fourth-order valence-corrected chi connectivity index (χ4v) is 6.69. The van der Waals surface area contributed by atoms with Gasteiger partial charge in [0.25, 0.3) is 0 Å². The SMILES string of the molecule is CN=S(=O)(NC1CCCC(n2c3ccccc3c3ccccc32)C1O)c1ccc(OC)cc1. The van der Waals surface area contributed by atoms with Gasteiger partial charge in [0.05, 0.1) is 24.2 Å². The maximum Gasteiger partial charge on any atom is 0.137 e. The Morgan fingerprint density at radius 1 is 0.970 bits per heavy atom. The van der Waals surface area contributed by atoms with Crippen LogP contribution in [-0.2, 0) is 9.92 Å². The molecule has 172 valence electrons. The summed E-state index contributed by atoms with van der Waals surface area (Å²) < 4.78 is 28.7. The average molecular weight is 464 g/mol. The molecule has 4 atom stereocenters. The first-order valence-electron chi connectivity index (χ1n) is 11.3. The van der Waals surface area contributed by atoms with E-state index >= 15 is 0 Å². The minimum absolute atomic E-state index is 0.127. The van der Waals surface area contributed by atoms with Crippen LogP contribution in [0.1, 0.15) is 25.3 Å². The summed E-state index contributed by atoms with van der Waals surface area (Å²) in [6.45, 7) is 0. The van der Waals surface area contributed by atoms with Crippen molar-refractivity contribution < 1.29 is 14.1 Å². The molecule has 0 spiro atoms. The third kappa shape index (κ3) is 3.80. The van der Waals surface area contributed by atoms with Crippen LogP contribution in [0.15, 0.2) is 82.1 Å². The van der Waals surface area contributed by atoms with Crippen molar-refractivity contribution in [3.05, 3.63) is 72.8 Å². The van der Waals surface area contributed by atoms with E-state index in [0.29, 0.717) is 10.6 Å². The minimum Gasteiger partial charge on any atom is -0.497 e. The highest BCUT2D eigenvalue weighted by molar-refractivity contribution is 7.91. The zero-order valence-corrected chi connectivity index (χ0v) is 19.7. The summed E-state index contributed by atoms with van der Waals surface area (Å²) in [6, 6.07) is 23.3. The van der Waals surface area contributed by atoms with Crippen LogP contribution in [0, 0.1) is 0 Å². The van der Waals surface area contributed by atoms with Gasteiger partial charge < -0.3 is 14.4 Å². The fourth-order valence-electron chi connectivity index (χ4n) is 5.07. The van der Waals surface area contributed by atoms with Gasteiger partial charge in [0.1, 0.15) is 15.7 Å². The highest BCUT2D eigenvalue weighted by Gasteiger charge is 2.36. The predicted octanol–water partition coefficient (Wildman–Crippen LogP) is 4.92. The topological polar surface area (TPSA) is 75.9 Å². The van der Waals surface area contributed by atoms with E-state index in [4.69, 9.17) is 4.74 Å². The molecule has 1 aliphatic carbocycles. The molecule has 3 aromatic carbocycles. The Bertz CT molecular complexity index is 1350. The summed E-state index contributed by atoms with van der Waals surface area (Å²) in [5.41, 5.74) is 2.22. The number of benzene rings is 3. The Kier molecular flexibility index (Phi) is 5.86. The standard InChI is InChI=1S/C26H29N3O3S/c1-27-33(31,19-16-14-18(32-2)15-17-19)28-22-10-7-13-25(26(22)30)29-23-11-5-3-8-20(23)21-9-4-6-12-24(21)29/h3-6,8-9,11-12,14-17,22,25-26,30H,7,10,13H2,1-2H3,(H,27,28,31). The van der Waals surface area contributed by atoms with Gasteiger partial charge in [0.15, 0.2) is 0 Å². The van der Waals surface area contributed by atoms with Crippen LogP contribution in [0.2, 0.25) is 0 Å². The molecule has 5 rings (SSSR count). The zero-order chi connectivity index (χ0) is 23.0. The number of aliphatic hydroxyl groups excluding tert-OH is 1. The van der Waals surface area contributed by atoms with Crippen LogP contribution in [-0.4, -0.2) is 40.2 Å². The van der Waals surface area contributed by atoms with Crippen molar-refractivity contribution in [1.29, 1.82) is 0 Å². The smallest absolute Gasteiger partial charge is 0.137 e. The third-order valence-corrected chi connectivity index (χ3v) is 8.77. The quantitative estimate of drug-likeness (QED) is 0.441. The largest absolute Gasteiger partial charge is 0.497 e. The summed E-state index contributed by atoms with van der Waals surface area (Å²) >= 11 is 0. The monoisotopic (exact) mass is 463 g/mol. The van der Waals surface area contributed by atoms with Crippen molar-refractivity contribution in [1.82, 2.24) is 9.29 Å². The first-order valence-corrected chi connectivity index (χ1v) is 12.8. The van der Waals surface area contributed by atoms with Gasteiger partial charge >= 0.3 is 0 Å². The second kappa shape index (κ2) is 8.82. The Balaban J connectivity index is 1.51. The van der Waals surface area contributed by atoms with E-state index in [-0.39, 0.29) is 12.1 Å². The second-order valence-electron chi connectivity index (χ2n) is 8.50. The molecule has 1 heterocycles. The number of hydrogen-bond donors (Lipinski definition) is 2. The van der Waals surface area contributed by atoms with Gasteiger partial charge in [0.2, 0.25) is 0 Å². The molecule has 1 fully saturated rings. The molecule has 1 aliphatic rings. The highest BCUT2D eigenvalue weighted by Crippen LogP contribution is 2.38. The molecular weight excluding hydrogens is 434 g/mol. The molecule has 0 bridgehead atoms. The number of aromatic nitrogens is 1. The highest BCUT2D eigenvalue weighted by atomic mass is 32.2. The van der Waals surface area contributed by atoms with E-state index < -0.39 is 16.0 Å². The molecule has 33 heavy (non-hydrogen) atoms. The van der Waals surface area contributed by atoms with Crippen LogP contribution in [0.3, 0.4) is 0 Å². The molecular formula is C26H29N3O3S. The van der Waals surface area contributed by atoms with Crippen LogP contribution in [0.4, 0.5) is 0 Å². The van der Waals surface area contributed by atoms with E-state index in [0.717, 1.165) is 30.3 Å². The van der Waals surface area contributed by atoms with E-state index in [9.17, 15) is 9.32 Å². The molecule has 6 nitrogen and oxygen atoms in total. The van der Waals surface area contributed by atoms with Crippen LogP contribution in [0.25, 0.3) is 21.8 Å². The van der Waals surface area contributed by atoms with Crippen molar-refractivity contribution in [2.75, 3.05) is 14.2 Å². The normalized spacial score (nSPS) is 22.8. The lowest BCUT2D eigenvalue weighted by molar-refractivity contribution is 0.0550. The number of fused-ring (bicyclic) bond motifs is 3. The van der Waals surface area contributed by atoms with Crippen LogP contribution < -0.4 is 9.46 Å². The van der Waals surface area contributed by atoms with Gasteiger partial charge in [-0.3, -0.25) is 0 Å².